The van der Waals surface area contributed by atoms with Crippen molar-refractivity contribution in [3.05, 3.63) is 156 Å². The van der Waals surface area contributed by atoms with Gasteiger partial charge in [0.15, 0.2) is 12.8 Å². The van der Waals surface area contributed by atoms with E-state index in [-0.39, 0.29) is 28.0 Å². The molecule has 1 aliphatic heterocycles. The topological polar surface area (TPSA) is 57.3 Å². The first-order valence-corrected chi connectivity index (χ1v) is 16.9. The van der Waals surface area contributed by atoms with Gasteiger partial charge in [-0.15, -0.1) is 17.8 Å². The van der Waals surface area contributed by atoms with Gasteiger partial charge in [0.25, 0.3) is 0 Å². The number of fused-ring (bicyclic) bond motifs is 2. The average Bonchev–Trinajstić information content (AvgIpc) is 3.71. The van der Waals surface area contributed by atoms with Gasteiger partial charge in [-0.25, -0.2) is 4.68 Å². The van der Waals surface area contributed by atoms with Crippen LogP contribution in [-0.4, -0.2) is 21.7 Å². The molecule has 6 nitrogen and oxygen atoms in total. The van der Waals surface area contributed by atoms with E-state index in [1.54, 1.807) is 0 Å². The third kappa shape index (κ3) is 6.12. The standard InChI is InChI=1S/C42H36BN5O.Pt/c1-28(2)33-20-13-21-34(29(3)4)42(33)47-38-24-11-9-22-36(38)45-43(47)31-17-12-18-32(27-31)49-40-26-14-25-39(44-40)48-37-23-10-8-19-35(37)41(46-48)30-15-6-5-7-16-30;/h5-26,28-29H,1-4H3;/q-2;+2. The summed E-state index contributed by atoms with van der Waals surface area (Å²) in [5.74, 6) is 2.39. The molecule has 0 atom stereocenters. The van der Waals surface area contributed by atoms with Crippen LogP contribution >= 0.6 is 0 Å². The summed E-state index contributed by atoms with van der Waals surface area (Å²) in [7, 11) is 0. The molecule has 0 spiro atoms. The zero-order valence-electron chi connectivity index (χ0n) is 28.4. The molecule has 0 amide bonds. The van der Waals surface area contributed by atoms with Crippen LogP contribution in [0.15, 0.2) is 133 Å². The number of hydrogen-bond donors (Lipinski definition) is 0. The minimum Gasteiger partial charge on any atom is -0.684 e. The normalized spacial score (nSPS) is 12.3. The quantitative estimate of drug-likeness (QED) is 0.113. The van der Waals surface area contributed by atoms with Crippen molar-refractivity contribution in [3.8, 4) is 28.7 Å². The van der Waals surface area contributed by atoms with Crippen molar-refractivity contribution in [2.45, 2.75) is 39.5 Å². The van der Waals surface area contributed by atoms with Crippen LogP contribution in [0.2, 0.25) is 0 Å². The molecule has 8 rings (SSSR count). The third-order valence-electron chi connectivity index (χ3n) is 9.07. The smallest absolute Gasteiger partial charge is 0.684 e. The van der Waals surface area contributed by atoms with E-state index < -0.39 is 0 Å². The van der Waals surface area contributed by atoms with Gasteiger partial charge in [0.2, 0.25) is 5.88 Å². The van der Waals surface area contributed by atoms with Gasteiger partial charge in [0.05, 0.1) is 5.52 Å². The first kappa shape index (κ1) is 33.4. The van der Waals surface area contributed by atoms with Crippen molar-refractivity contribution < 1.29 is 25.8 Å². The second kappa shape index (κ2) is 14.0. The van der Waals surface area contributed by atoms with Crippen molar-refractivity contribution in [2.24, 2.45) is 0 Å². The number of nitrogens with zero attached hydrogens (tertiary/aromatic N) is 5. The second-order valence-corrected chi connectivity index (χ2v) is 13.0. The first-order valence-electron chi connectivity index (χ1n) is 16.9. The molecular formula is C42H36BN5OPt. The fraction of sp³-hybridized carbons (Fsp3) is 0.143. The zero-order chi connectivity index (χ0) is 33.5. The molecule has 3 heterocycles. The van der Waals surface area contributed by atoms with E-state index in [4.69, 9.17) is 20.0 Å². The Morgan fingerprint density at radius 3 is 2.16 bits per heavy atom. The van der Waals surface area contributed by atoms with Crippen LogP contribution in [0.4, 0.5) is 17.1 Å². The second-order valence-electron chi connectivity index (χ2n) is 13.0. The molecule has 0 saturated heterocycles. The Morgan fingerprint density at radius 1 is 0.700 bits per heavy atom. The van der Waals surface area contributed by atoms with Crippen molar-refractivity contribution in [2.75, 3.05) is 4.81 Å². The number of aromatic nitrogens is 3. The Morgan fingerprint density at radius 2 is 1.38 bits per heavy atom. The van der Waals surface area contributed by atoms with Crippen molar-refractivity contribution >= 4 is 40.4 Å². The summed E-state index contributed by atoms with van der Waals surface area (Å²) in [6, 6.07) is 48.9. The van der Waals surface area contributed by atoms with Crippen molar-refractivity contribution in [1.29, 1.82) is 0 Å². The predicted molar refractivity (Wildman–Crippen MR) is 201 cm³/mol. The van der Waals surface area contributed by atoms with Crippen molar-refractivity contribution in [1.82, 2.24) is 14.8 Å². The first-order chi connectivity index (χ1) is 24.0. The van der Waals surface area contributed by atoms with E-state index >= 15 is 0 Å². The molecule has 0 radical (unpaired) electrons. The Balaban J connectivity index is 0.00000392. The maximum atomic E-state index is 6.42. The molecule has 5 aromatic carbocycles. The fourth-order valence-corrected chi connectivity index (χ4v) is 6.76. The Bertz CT molecular complexity index is 2260. The van der Waals surface area contributed by atoms with Crippen LogP contribution in [0.5, 0.6) is 11.6 Å². The molecule has 0 bridgehead atoms. The molecule has 0 aliphatic carbocycles. The van der Waals surface area contributed by atoms with Gasteiger partial charge in [-0.1, -0.05) is 119 Å². The summed E-state index contributed by atoms with van der Waals surface area (Å²) in [6.45, 7) is 8.73. The Labute approximate surface area is 308 Å². The number of rotatable bonds is 8. The van der Waals surface area contributed by atoms with Crippen LogP contribution in [0, 0.1) is 6.07 Å². The number of para-hydroxylation sites is 3. The molecular weight excluding hydrogens is 796 g/mol. The molecule has 0 N–H and O–H groups in total. The average molecular weight is 833 g/mol. The molecule has 1 aliphatic rings. The van der Waals surface area contributed by atoms with E-state index in [1.165, 1.54) is 16.8 Å². The Kier molecular flexibility index (Phi) is 9.35. The summed E-state index contributed by atoms with van der Waals surface area (Å²) in [6.07, 6.45) is 0. The fourth-order valence-electron chi connectivity index (χ4n) is 6.76. The maximum Gasteiger partial charge on any atom is 2.00 e. The van der Waals surface area contributed by atoms with Crippen LogP contribution < -0.4 is 15.0 Å². The summed E-state index contributed by atoms with van der Waals surface area (Å²) in [5, 5.41) is 11.3. The Hall–Kier alpha value is -5.13. The number of anilines is 2. The minimum absolute atomic E-state index is 0. The van der Waals surface area contributed by atoms with E-state index in [9.17, 15) is 0 Å². The SMILES string of the molecule is CC(C)c1cccc(C(C)C)c1N1B(c2[c-]c(Oc3cccc(-n4nc(-c5ccccc5)c5ccccc54)n3)ccc2)[N-]c2ccccc21.[Pt+2]. The maximum absolute atomic E-state index is 6.42. The molecule has 0 saturated carbocycles. The van der Waals surface area contributed by atoms with Gasteiger partial charge in [-0.05, 0) is 41.2 Å². The summed E-state index contributed by atoms with van der Waals surface area (Å²) < 4.78 is 8.30. The van der Waals surface area contributed by atoms with Crippen LogP contribution in [0.1, 0.15) is 50.7 Å². The molecule has 50 heavy (non-hydrogen) atoms. The summed E-state index contributed by atoms with van der Waals surface area (Å²) in [4.78, 5) is 7.29. The van der Waals surface area contributed by atoms with Gasteiger partial charge in [0, 0.05) is 34.1 Å². The third-order valence-corrected chi connectivity index (χ3v) is 9.07. The monoisotopic (exact) mass is 832 g/mol. The molecule has 0 fully saturated rings. The van der Waals surface area contributed by atoms with E-state index in [0.717, 1.165) is 39.0 Å². The van der Waals surface area contributed by atoms with Crippen LogP contribution in [0.25, 0.3) is 33.2 Å². The minimum atomic E-state index is -0.301. The van der Waals surface area contributed by atoms with Crippen LogP contribution in [0.3, 0.4) is 0 Å². The summed E-state index contributed by atoms with van der Waals surface area (Å²) >= 11 is 0. The van der Waals surface area contributed by atoms with Gasteiger partial charge in [-0.3, -0.25) is 0 Å². The largest absolute Gasteiger partial charge is 2.00 e. The number of hydrogen-bond acceptors (Lipinski definition) is 4. The summed E-state index contributed by atoms with van der Waals surface area (Å²) in [5.41, 5.74) is 9.76. The number of ether oxygens (including phenoxy) is 1. The van der Waals surface area contributed by atoms with E-state index in [1.807, 2.05) is 71.4 Å². The van der Waals surface area contributed by atoms with Gasteiger partial charge in [0.1, 0.15) is 5.69 Å². The number of pyridine rings is 1. The van der Waals surface area contributed by atoms with Crippen molar-refractivity contribution in [3.63, 3.8) is 0 Å². The van der Waals surface area contributed by atoms with Gasteiger partial charge in [-0.2, -0.15) is 27.7 Å². The predicted octanol–water partition coefficient (Wildman–Crippen LogP) is 10.5. The molecule has 7 aromatic rings. The molecule has 248 valence electrons. The zero-order valence-corrected chi connectivity index (χ0v) is 30.7. The molecule has 8 heteroatoms. The number of benzene rings is 5. The van der Waals surface area contributed by atoms with Gasteiger partial charge < -0.3 is 14.8 Å². The van der Waals surface area contributed by atoms with E-state index in [0.29, 0.717) is 29.3 Å². The molecule has 2 aromatic heterocycles. The van der Waals surface area contributed by atoms with Gasteiger partial charge >= 0.3 is 21.1 Å². The molecule has 0 unspecified atom stereocenters. The van der Waals surface area contributed by atoms with Crippen LogP contribution in [-0.2, 0) is 21.1 Å². The van der Waals surface area contributed by atoms with E-state index in [2.05, 4.69) is 105 Å².